The Hall–Kier alpha value is -2.91. The number of carbonyl (C=O) groups excluding carboxylic acids is 3. The predicted octanol–water partition coefficient (Wildman–Crippen LogP) is 7.28. The average molecular weight is 1100 g/mol. The van der Waals surface area contributed by atoms with E-state index in [1.807, 2.05) is 68.4 Å². The summed E-state index contributed by atoms with van der Waals surface area (Å²) in [7, 11) is 1.57. The van der Waals surface area contributed by atoms with Crippen LogP contribution in [-0.2, 0) is 52.3 Å². The van der Waals surface area contributed by atoms with Crippen LogP contribution in [-0.4, -0.2) is 154 Å². The standard InChI is InChI=1S/C61H94O17/c1-14-39-21-38(28-62)19-31(5)53(75-47-24-44(66)54(36(10)73-47)76-48-25-45(71-13)55(37(11)74-48)77-46-23-43(65)52(67)35(9)72-46)29(3)17-16-18-59(12)26-32(6)33(7)27-61(59)57(69)49(58(70)78-61)56(68)60(15-2)50(39)30(4)20-40-42(64)22-41(63)34(8)51(40)60/h20-21,26,29,31,33-38,40,42-48,50-55,62,64-68H,14-19,22-25,27-28H2,1-13H3/b39-21+,56-49+. The number of hydrogen-bond donors (Lipinski definition) is 6. The van der Waals surface area contributed by atoms with Crippen LogP contribution in [0.15, 0.2) is 46.3 Å². The van der Waals surface area contributed by atoms with Crippen molar-refractivity contribution in [3.8, 4) is 0 Å². The molecule has 1 spiro atoms. The first-order valence-corrected chi connectivity index (χ1v) is 29.4. The molecule has 8 aliphatic rings. The molecule has 4 aliphatic heterocycles. The number of esters is 1. The summed E-state index contributed by atoms with van der Waals surface area (Å²) in [5, 5.41) is 68.8. The van der Waals surface area contributed by atoms with Crippen molar-refractivity contribution in [1.29, 1.82) is 0 Å². The first kappa shape index (κ1) is 61.2. The second-order valence-electron chi connectivity index (χ2n) is 25.4. The van der Waals surface area contributed by atoms with Gasteiger partial charge in [-0.25, -0.2) is 4.79 Å². The van der Waals surface area contributed by atoms with E-state index in [0.717, 1.165) is 16.7 Å². The topological polar surface area (TPSA) is 246 Å². The van der Waals surface area contributed by atoms with Gasteiger partial charge in [0.25, 0.3) is 0 Å². The number of Topliss-reactive ketones (excluding diaryl/α,β-unsaturated/α-hetero) is 2. The van der Waals surface area contributed by atoms with Gasteiger partial charge in [0.15, 0.2) is 24.5 Å². The molecule has 0 amide bonds. The van der Waals surface area contributed by atoms with Crippen LogP contribution in [0, 0.1) is 58.2 Å². The van der Waals surface area contributed by atoms with Gasteiger partial charge in [-0.15, -0.1) is 0 Å². The minimum atomic E-state index is -1.62. The summed E-state index contributed by atoms with van der Waals surface area (Å²) < 4.78 is 51.0. The van der Waals surface area contributed by atoms with Crippen molar-refractivity contribution in [2.75, 3.05) is 13.7 Å². The van der Waals surface area contributed by atoms with Crippen molar-refractivity contribution in [2.45, 2.75) is 245 Å². The third kappa shape index (κ3) is 11.1. The highest BCUT2D eigenvalue weighted by Gasteiger charge is 2.67. The summed E-state index contributed by atoms with van der Waals surface area (Å²) in [5.74, 6) is -5.19. The van der Waals surface area contributed by atoms with Crippen LogP contribution in [0.25, 0.3) is 0 Å². The molecule has 17 nitrogen and oxygen atoms in total. The normalized spacial score (nSPS) is 49.5. The average Bonchev–Trinajstić information content (AvgIpc) is 3.88. The van der Waals surface area contributed by atoms with Crippen molar-refractivity contribution in [2.24, 2.45) is 58.2 Å². The Bertz CT molecular complexity index is 2290. The number of fused-ring (bicyclic) bond motifs is 4. The van der Waals surface area contributed by atoms with Crippen molar-refractivity contribution in [3.05, 3.63) is 46.3 Å². The molecule has 8 rings (SSSR count). The number of ketones is 2. The van der Waals surface area contributed by atoms with Crippen LogP contribution < -0.4 is 0 Å². The number of carbonyl (C=O) groups is 3. The van der Waals surface area contributed by atoms with Gasteiger partial charge in [-0.2, -0.15) is 0 Å². The maximum Gasteiger partial charge on any atom is 0.346 e. The molecule has 0 aromatic rings. The Morgan fingerprint density at radius 3 is 1.97 bits per heavy atom. The van der Waals surface area contributed by atoms with E-state index in [4.69, 9.17) is 37.9 Å². The largest absolute Gasteiger partial charge is 0.511 e. The molecule has 4 saturated heterocycles. The molecule has 78 heavy (non-hydrogen) atoms. The van der Waals surface area contributed by atoms with Gasteiger partial charge in [0.1, 0.15) is 35.4 Å². The van der Waals surface area contributed by atoms with Gasteiger partial charge in [0.2, 0.25) is 5.78 Å². The van der Waals surface area contributed by atoms with Gasteiger partial charge in [-0.05, 0) is 90.4 Å². The Morgan fingerprint density at radius 2 is 1.36 bits per heavy atom. The Balaban J connectivity index is 1.09. The lowest BCUT2D eigenvalue weighted by atomic mass is 9.47. The summed E-state index contributed by atoms with van der Waals surface area (Å²) in [4.78, 5) is 44.3. The van der Waals surface area contributed by atoms with E-state index in [-0.39, 0.29) is 80.0 Å². The van der Waals surface area contributed by atoms with Crippen LogP contribution in [0.3, 0.4) is 0 Å². The molecule has 0 aromatic heterocycles. The van der Waals surface area contributed by atoms with Crippen molar-refractivity contribution >= 4 is 17.5 Å². The fraction of sp³-hybridized carbons (Fsp3) is 0.820. The fourth-order valence-corrected chi connectivity index (χ4v) is 16.0. The first-order valence-electron chi connectivity index (χ1n) is 29.4. The number of rotatable bonds is 10. The Kier molecular flexibility index (Phi) is 18.9. The lowest BCUT2D eigenvalue weighted by molar-refractivity contribution is -0.338. The Morgan fingerprint density at radius 1 is 0.744 bits per heavy atom. The molecule has 4 heterocycles. The van der Waals surface area contributed by atoms with E-state index in [1.165, 1.54) is 0 Å². The monoisotopic (exact) mass is 1100 g/mol. The second kappa shape index (κ2) is 24.1. The smallest absolute Gasteiger partial charge is 0.346 e. The van der Waals surface area contributed by atoms with E-state index in [2.05, 4.69) is 26.0 Å². The molecular weight excluding hydrogens is 1000 g/mol. The molecule has 1 saturated carbocycles. The van der Waals surface area contributed by atoms with Gasteiger partial charge >= 0.3 is 5.97 Å². The summed E-state index contributed by atoms with van der Waals surface area (Å²) >= 11 is 0. The van der Waals surface area contributed by atoms with Gasteiger partial charge in [-0.3, -0.25) is 9.59 Å². The van der Waals surface area contributed by atoms with Gasteiger partial charge in [0, 0.05) is 80.3 Å². The number of ether oxygens (including phenoxy) is 8. The summed E-state index contributed by atoms with van der Waals surface area (Å²) in [5.41, 5.74) is -1.54. The lowest BCUT2D eigenvalue weighted by Gasteiger charge is -2.56. The summed E-state index contributed by atoms with van der Waals surface area (Å²) in [6.07, 6.45) is -0.691. The molecule has 17 heteroatoms. The summed E-state index contributed by atoms with van der Waals surface area (Å²) in [6, 6.07) is 0. The van der Waals surface area contributed by atoms with Crippen LogP contribution in [0.5, 0.6) is 0 Å². The minimum Gasteiger partial charge on any atom is -0.511 e. The maximum atomic E-state index is 15.7. The third-order valence-electron chi connectivity index (χ3n) is 20.3. The van der Waals surface area contributed by atoms with Crippen molar-refractivity contribution < 1.29 is 82.9 Å². The molecule has 4 aliphatic carbocycles. The van der Waals surface area contributed by atoms with Gasteiger partial charge in [0.05, 0.1) is 48.8 Å². The highest BCUT2D eigenvalue weighted by atomic mass is 16.7. The zero-order valence-corrected chi connectivity index (χ0v) is 48.6. The number of allylic oxidation sites excluding steroid dienone is 4. The fourth-order valence-electron chi connectivity index (χ4n) is 16.0. The number of hydrogen-bond acceptors (Lipinski definition) is 17. The van der Waals surface area contributed by atoms with E-state index < -0.39 is 144 Å². The highest BCUT2D eigenvalue weighted by Crippen LogP contribution is 2.64. The van der Waals surface area contributed by atoms with Crippen molar-refractivity contribution in [1.82, 2.24) is 0 Å². The first-order chi connectivity index (χ1) is 36.8. The van der Waals surface area contributed by atoms with Gasteiger partial charge in [-0.1, -0.05) is 89.8 Å². The van der Waals surface area contributed by atoms with E-state index in [9.17, 15) is 40.2 Å². The number of methoxy groups -OCH3 is 1. The maximum absolute atomic E-state index is 15.7. The van der Waals surface area contributed by atoms with E-state index in [1.54, 1.807) is 14.0 Å². The summed E-state index contributed by atoms with van der Waals surface area (Å²) in [6.45, 7) is 23.2. The zero-order valence-electron chi connectivity index (χ0n) is 48.6. The molecule has 2 bridgehead atoms. The second-order valence-corrected chi connectivity index (χ2v) is 25.4. The SMILES string of the molecule is CC/C1=C\C(CO)CC(C)C(OC2CC(O)C(OC3CC(OC)C(OC4CC(O)C(O)C(C)O4)C(C)O3)C(C)O2)C(C)CCCC2(C)C=C(C)C(C)CC23OC(=O)/C(=C(/O)C2(CC)C1C(C)=CC1C(O)CC(=O)C(C)C12)C3=O. The van der Waals surface area contributed by atoms with Crippen molar-refractivity contribution in [3.63, 3.8) is 0 Å². The van der Waals surface area contributed by atoms with Crippen LogP contribution >= 0.6 is 0 Å². The van der Waals surface area contributed by atoms with E-state index >= 15 is 4.79 Å². The molecule has 25 atom stereocenters. The molecule has 0 radical (unpaired) electrons. The minimum absolute atomic E-state index is 0.0414. The molecule has 25 unspecified atom stereocenters. The molecule has 6 N–H and O–H groups in total. The van der Waals surface area contributed by atoms with Crippen LogP contribution in [0.2, 0.25) is 0 Å². The quantitative estimate of drug-likeness (QED) is 0.0715. The predicted molar refractivity (Wildman–Crippen MR) is 287 cm³/mol. The third-order valence-corrected chi connectivity index (χ3v) is 20.3. The van der Waals surface area contributed by atoms with Crippen LogP contribution in [0.1, 0.15) is 154 Å². The molecule has 440 valence electrons. The molecular formula is C61H94O17. The number of aliphatic hydroxyl groups excluding tert-OH is 6. The highest BCUT2D eigenvalue weighted by molar-refractivity contribution is 6.26. The number of aliphatic hydroxyl groups is 6. The lowest BCUT2D eigenvalue weighted by Crippen LogP contribution is -2.57. The van der Waals surface area contributed by atoms with Crippen LogP contribution in [0.4, 0.5) is 0 Å². The van der Waals surface area contributed by atoms with E-state index in [0.29, 0.717) is 32.1 Å². The van der Waals surface area contributed by atoms with Gasteiger partial charge < -0.3 is 68.5 Å². The Labute approximate surface area is 462 Å². The molecule has 5 fully saturated rings. The molecule has 0 aromatic carbocycles. The zero-order chi connectivity index (χ0) is 57.1.